The number of phenols is 1. The monoisotopic (exact) mass is 267 g/mol. The zero-order valence-corrected chi connectivity index (χ0v) is 12.1. The van der Waals surface area contributed by atoms with Gasteiger partial charge in [-0.25, -0.2) is 0 Å². The van der Waals surface area contributed by atoms with Gasteiger partial charge in [-0.3, -0.25) is 0 Å². The SMILES string of the molecule is CC1CNCCO1.Oc1ccc(P)c2c1CCC2. The molecule has 0 amide bonds. The smallest absolute Gasteiger partial charge is 0.119 e. The summed E-state index contributed by atoms with van der Waals surface area (Å²) in [7, 11) is 2.72. The second kappa shape index (κ2) is 6.51. The molecule has 1 aromatic carbocycles. The second-order valence-electron chi connectivity index (χ2n) is 4.87. The normalized spacial score (nSPS) is 22.0. The Morgan fingerprint density at radius 3 is 2.67 bits per heavy atom. The Kier molecular flexibility index (Phi) is 4.99. The maximum absolute atomic E-state index is 9.45. The van der Waals surface area contributed by atoms with Crippen LogP contribution in [-0.4, -0.2) is 30.9 Å². The predicted molar refractivity (Wildman–Crippen MR) is 77.8 cm³/mol. The third kappa shape index (κ3) is 3.44. The van der Waals surface area contributed by atoms with Gasteiger partial charge in [0, 0.05) is 13.1 Å². The third-order valence-corrected chi connectivity index (χ3v) is 3.95. The van der Waals surface area contributed by atoms with E-state index in [4.69, 9.17) is 4.74 Å². The first kappa shape index (κ1) is 13.8. The van der Waals surface area contributed by atoms with Crippen LogP contribution < -0.4 is 10.6 Å². The summed E-state index contributed by atoms with van der Waals surface area (Å²) in [6.07, 6.45) is 3.79. The van der Waals surface area contributed by atoms with Crippen molar-refractivity contribution in [2.45, 2.75) is 32.3 Å². The lowest BCUT2D eigenvalue weighted by molar-refractivity contribution is 0.0410. The van der Waals surface area contributed by atoms with Crippen LogP contribution in [0.1, 0.15) is 24.5 Å². The van der Waals surface area contributed by atoms with Gasteiger partial charge in [0.25, 0.3) is 0 Å². The zero-order chi connectivity index (χ0) is 13.0. The number of phenolic OH excluding ortho intramolecular Hbond substituents is 1. The fraction of sp³-hybridized carbons (Fsp3) is 0.571. The first-order chi connectivity index (χ1) is 8.68. The van der Waals surface area contributed by atoms with Crippen molar-refractivity contribution in [3.63, 3.8) is 0 Å². The number of aromatic hydroxyl groups is 1. The van der Waals surface area contributed by atoms with E-state index in [9.17, 15) is 5.11 Å². The van der Waals surface area contributed by atoms with Crippen LogP contribution in [0.25, 0.3) is 0 Å². The van der Waals surface area contributed by atoms with Crippen molar-refractivity contribution in [1.29, 1.82) is 0 Å². The molecule has 4 heteroatoms. The highest BCUT2D eigenvalue weighted by Gasteiger charge is 2.15. The van der Waals surface area contributed by atoms with E-state index in [1.54, 1.807) is 6.07 Å². The molecule has 1 aliphatic heterocycles. The number of morpholine rings is 1. The van der Waals surface area contributed by atoms with Crippen LogP contribution in [0.4, 0.5) is 0 Å². The fourth-order valence-electron chi connectivity index (χ4n) is 2.41. The average Bonchev–Trinajstić information content (AvgIpc) is 2.86. The molecule has 1 saturated heterocycles. The molecular weight excluding hydrogens is 245 g/mol. The number of hydrogen-bond donors (Lipinski definition) is 2. The summed E-state index contributed by atoms with van der Waals surface area (Å²) in [5, 5.41) is 13.9. The Balaban J connectivity index is 0.000000149. The maximum atomic E-state index is 9.45. The quantitative estimate of drug-likeness (QED) is 0.698. The summed E-state index contributed by atoms with van der Waals surface area (Å²) >= 11 is 0. The lowest BCUT2D eigenvalue weighted by Crippen LogP contribution is -2.36. The summed E-state index contributed by atoms with van der Waals surface area (Å²) in [6.45, 7) is 4.98. The Bertz CT molecular complexity index is 374. The minimum atomic E-state index is 0.425. The molecule has 2 aliphatic rings. The zero-order valence-electron chi connectivity index (χ0n) is 10.9. The Morgan fingerprint density at radius 1 is 1.33 bits per heavy atom. The molecule has 1 aliphatic carbocycles. The van der Waals surface area contributed by atoms with Crippen LogP contribution in [-0.2, 0) is 17.6 Å². The van der Waals surface area contributed by atoms with Crippen molar-refractivity contribution >= 4 is 14.5 Å². The summed E-state index contributed by atoms with van der Waals surface area (Å²) in [4.78, 5) is 0. The first-order valence-electron chi connectivity index (χ1n) is 6.60. The molecule has 3 rings (SSSR count). The molecular formula is C14H22NO2P. The van der Waals surface area contributed by atoms with Gasteiger partial charge in [0.15, 0.2) is 0 Å². The van der Waals surface area contributed by atoms with Crippen LogP contribution in [0, 0.1) is 0 Å². The molecule has 2 N–H and O–H groups in total. The van der Waals surface area contributed by atoms with Crippen LogP contribution in [0.2, 0.25) is 0 Å². The van der Waals surface area contributed by atoms with E-state index in [0.29, 0.717) is 11.9 Å². The van der Waals surface area contributed by atoms with E-state index in [1.165, 1.54) is 17.3 Å². The van der Waals surface area contributed by atoms with Gasteiger partial charge in [-0.05, 0) is 48.7 Å². The lowest BCUT2D eigenvalue weighted by Gasteiger charge is -2.18. The molecule has 0 bridgehead atoms. The second-order valence-corrected chi connectivity index (χ2v) is 5.49. The minimum absolute atomic E-state index is 0.425. The summed E-state index contributed by atoms with van der Waals surface area (Å²) in [6, 6.07) is 3.75. The van der Waals surface area contributed by atoms with Crippen molar-refractivity contribution in [3.05, 3.63) is 23.3 Å². The number of nitrogens with one attached hydrogen (secondary N) is 1. The fourth-order valence-corrected chi connectivity index (χ4v) is 2.83. The molecule has 18 heavy (non-hydrogen) atoms. The summed E-state index contributed by atoms with van der Waals surface area (Å²) in [5.41, 5.74) is 2.51. The molecule has 1 fully saturated rings. The Hall–Kier alpha value is -0.630. The number of benzene rings is 1. The molecule has 3 nitrogen and oxygen atoms in total. The highest BCUT2D eigenvalue weighted by Crippen LogP contribution is 2.28. The van der Waals surface area contributed by atoms with Gasteiger partial charge < -0.3 is 15.2 Å². The van der Waals surface area contributed by atoms with Crippen molar-refractivity contribution in [2.75, 3.05) is 19.7 Å². The topological polar surface area (TPSA) is 41.5 Å². The molecule has 100 valence electrons. The molecule has 2 unspecified atom stereocenters. The van der Waals surface area contributed by atoms with E-state index in [1.807, 2.05) is 6.07 Å². The van der Waals surface area contributed by atoms with Crippen LogP contribution in [0.5, 0.6) is 5.75 Å². The average molecular weight is 267 g/mol. The Morgan fingerprint density at radius 2 is 2.11 bits per heavy atom. The maximum Gasteiger partial charge on any atom is 0.119 e. The van der Waals surface area contributed by atoms with Crippen molar-refractivity contribution in [2.24, 2.45) is 0 Å². The number of fused-ring (bicyclic) bond motifs is 1. The van der Waals surface area contributed by atoms with Gasteiger partial charge in [-0.15, -0.1) is 9.24 Å². The lowest BCUT2D eigenvalue weighted by atomic mass is 10.1. The largest absolute Gasteiger partial charge is 0.508 e. The molecule has 0 saturated carbocycles. The molecule has 0 radical (unpaired) electrons. The van der Waals surface area contributed by atoms with Crippen LogP contribution in [0.3, 0.4) is 0 Å². The molecule has 1 heterocycles. The number of rotatable bonds is 0. The van der Waals surface area contributed by atoms with E-state index in [0.717, 1.165) is 38.1 Å². The molecule has 2 atom stereocenters. The first-order valence-corrected chi connectivity index (χ1v) is 7.17. The highest BCUT2D eigenvalue weighted by atomic mass is 31.0. The number of ether oxygens (including phenoxy) is 1. The van der Waals surface area contributed by atoms with E-state index in [-0.39, 0.29) is 0 Å². The third-order valence-electron chi connectivity index (χ3n) is 3.41. The van der Waals surface area contributed by atoms with Gasteiger partial charge in [0.05, 0.1) is 12.7 Å². The summed E-state index contributed by atoms with van der Waals surface area (Å²) in [5.74, 6) is 0.476. The molecule has 0 spiro atoms. The highest BCUT2D eigenvalue weighted by molar-refractivity contribution is 7.27. The van der Waals surface area contributed by atoms with Crippen LogP contribution >= 0.6 is 9.24 Å². The van der Waals surface area contributed by atoms with Crippen LogP contribution in [0.15, 0.2) is 12.1 Å². The predicted octanol–water partition coefficient (Wildman–Crippen LogP) is 1.38. The van der Waals surface area contributed by atoms with Gasteiger partial charge in [-0.1, -0.05) is 6.07 Å². The van der Waals surface area contributed by atoms with Gasteiger partial charge in [0.1, 0.15) is 5.75 Å². The minimum Gasteiger partial charge on any atom is -0.508 e. The van der Waals surface area contributed by atoms with Gasteiger partial charge >= 0.3 is 0 Å². The van der Waals surface area contributed by atoms with E-state index < -0.39 is 0 Å². The van der Waals surface area contributed by atoms with Gasteiger partial charge in [-0.2, -0.15) is 0 Å². The molecule has 0 aromatic heterocycles. The number of hydrogen-bond acceptors (Lipinski definition) is 3. The van der Waals surface area contributed by atoms with Crippen molar-refractivity contribution < 1.29 is 9.84 Å². The van der Waals surface area contributed by atoms with Gasteiger partial charge in [0.2, 0.25) is 0 Å². The van der Waals surface area contributed by atoms with Crippen molar-refractivity contribution in [3.8, 4) is 5.75 Å². The Labute approximate surface area is 111 Å². The van der Waals surface area contributed by atoms with E-state index >= 15 is 0 Å². The molecule has 1 aromatic rings. The van der Waals surface area contributed by atoms with Crippen molar-refractivity contribution in [1.82, 2.24) is 5.32 Å². The summed E-state index contributed by atoms with van der Waals surface area (Å²) < 4.78 is 5.22. The van der Waals surface area contributed by atoms with E-state index in [2.05, 4.69) is 21.5 Å². The standard InChI is InChI=1S/C9H11OP.C5H11NO/c10-8-4-5-9(11)7-3-1-2-6(7)8;1-5-4-6-2-3-7-5/h4-5,10H,1-3,11H2;5-6H,2-4H2,1H3.